The van der Waals surface area contributed by atoms with E-state index in [0.717, 1.165) is 12.1 Å². The van der Waals surface area contributed by atoms with Crippen LogP contribution in [0.25, 0.3) is 0 Å². The molecule has 8 heteroatoms. The number of fused-ring (bicyclic) bond motifs is 1. The predicted molar refractivity (Wildman–Crippen MR) is 52.8 cm³/mol. The van der Waals surface area contributed by atoms with Gasteiger partial charge >= 0.3 is 11.9 Å². The summed E-state index contributed by atoms with van der Waals surface area (Å²) in [6.45, 7) is 2.47. The van der Waals surface area contributed by atoms with E-state index in [1.54, 1.807) is 7.05 Å². The topological polar surface area (TPSA) is 89.4 Å². The molecule has 1 aromatic heterocycles. The molecule has 8 nitrogen and oxygen atoms in total. The number of aryl methyl sites for hydroxylation is 1. The van der Waals surface area contributed by atoms with Gasteiger partial charge in [-0.25, -0.2) is 5.01 Å². The molecule has 2 rings (SSSR count). The summed E-state index contributed by atoms with van der Waals surface area (Å²) < 4.78 is 1.50. The van der Waals surface area contributed by atoms with Crippen LogP contribution in [0.15, 0.2) is 5.10 Å². The molecule has 0 saturated carbocycles. The zero-order valence-electron chi connectivity index (χ0n) is 8.41. The van der Waals surface area contributed by atoms with Crippen LogP contribution in [0.4, 0.5) is 11.9 Å². The lowest BCUT2D eigenvalue weighted by Crippen LogP contribution is -2.13. The quantitative estimate of drug-likeness (QED) is 0.494. The van der Waals surface area contributed by atoms with Crippen molar-refractivity contribution in [3.8, 4) is 0 Å². The highest BCUT2D eigenvalue weighted by Gasteiger charge is 2.25. The van der Waals surface area contributed by atoms with Crippen molar-refractivity contribution >= 4 is 17.6 Å². The van der Waals surface area contributed by atoms with E-state index in [-0.39, 0.29) is 5.95 Å². The molecule has 0 saturated heterocycles. The Kier molecular flexibility index (Phi) is 2.10. The number of aromatic nitrogens is 3. The van der Waals surface area contributed by atoms with Crippen molar-refractivity contribution in [1.29, 1.82) is 0 Å². The number of hydrazone groups is 1. The van der Waals surface area contributed by atoms with Gasteiger partial charge < -0.3 is 10.1 Å². The van der Waals surface area contributed by atoms with E-state index in [1.807, 2.05) is 6.92 Å². The second kappa shape index (κ2) is 3.30. The highest BCUT2D eigenvalue weighted by Crippen LogP contribution is 2.18. The SMILES string of the molecule is CC1=NN(C)c2nc([N+](=O)[O-])nn2CC1. The molecule has 0 bridgehead atoms. The van der Waals surface area contributed by atoms with Crippen molar-refractivity contribution < 1.29 is 4.92 Å². The molecular weight excluding hydrogens is 200 g/mol. The second-order valence-corrected chi connectivity index (χ2v) is 3.30. The third-order valence-electron chi connectivity index (χ3n) is 2.10. The fraction of sp³-hybridized carbons (Fsp3) is 0.571. The normalized spacial score (nSPS) is 15.6. The number of hydrogen-bond acceptors (Lipinski definition) is 6. The first-order chi connectivity index (χ1) is 7.08. The molecule has 15 heavy (non-hydrogen) atoms. The molecule has 0 aromatic carbocycles. The Morgan fingerprint density at radius 3 is 2.93 bits per heavy atom. The Labute approximate surface area is 85.4 Å². The molecule has 0 spiro atoms. The molecule has 1 aromatic rings. The van der Waals surface area contributed by atoms with Crippen LogP contribution in [-0.4, -0.2) is 32.4 Å². The third-order valence-corrected chi connectivity index (χ3v) is 2.10. The van der Waals surface area contributed by atoms with Crippen LogP contribution in [0, 0.1) is 10.1 Å². The Morgan fingerprint density at radius 1 is 1.53 bits per heavy atom. The largest absolute Gasteiger partial charge is 0.493 e. The molecule has 0 N–H and O–H groups in total. The van der Waals surface area contributed by atoms with Gasteiger partial charge in [-0.3, -0.25) is 0 Å². The summed E-state index contributed by atoms with van der Waals surface area (Å²) in [6, 6.07) is 0. The van der Waals surface area contributed by atoms with E-state index in [2.05, 4.69) is 15.2 Å². The van der Waals surface area contributed by atoms with Gasteiger partial charge in [-0.15, -0.1) is 4.68 Å². The molecule has 0 fully saturated rings. The van der Waals surface area contributed by atoms with Crippen LogP contribution < -0.4 is 5.01 Å². The molecule has 1 aliphatic heterocycles. The van der Waals surface area contributed by atoms with Crippen molar-refractivity contribution in [3.63, 3.8) is 0 Å². The number of rotatable bonds is 1. The summed E-state index contributed by atoms with van der Waals surface area (Å²) in [6.07, 6.45) is 0.720. The second-order valence-electron chi connectivity index (χ2n) is 3.30. The number of anilines is 1. The molecule has 2 heterocycles. The van der Waals surface area contributed by atoms with Crippen molar-refractivity contribution in [3.05, 3.63) is 10.1 Å². The lowest BCUT2D eigenvalue weighted by atomic mass is 10.3. The summed E-state index contributed by atoms with van der Waals surface area (Å²) in [5, 5.41) is 20.0. The zero-order chi connectivity index (χ0) is 11.0. The monoisotopic (exact) mass is 210 g/mol. The van der Waals surface area contributed by atoms with E-state index >= 15 is 0 Å². The maximum absolute atomic E-state index is 10.5. The van der Waals surface area contributed by atoms with E-state index < -0.39 is 4.92 Å². The van der Waals surface area contributed by atoms with Crippen LogP contribution in [0.2, 0.25) is 0 Å². The minimum absolute atomic E-state index is 0.383. The van der Waals surface area contributed by atoms with Gasteiger partial charge in [0.15, 0.2) is 0 Å². The van der Waals surface area contributed by atoms with Crippen molar-refractivity contribution in [2.45, 2.75) is 19.9 Å². The Morgan fingerprint density at radius 2 is 2.27 bits per heavy atom. The molecule has 0 unspecified atom stereocenters. The predicted octanol–water partition coefficient (Wildman–Crippen LogP) is 0.402. The first-order valence-corrected chi connectivity index (χ1v) is 4.45. The highest BCUT2D eigenvalue weighted by atomic mass is 16.6. The Balaban J connectivity index is 2.43. The van der Waals surface area contributed by atoms with E-state index in [4.69, 9.17) is 0 Å². The average Bonchev–Trinajstić information content (AvgIpc) is 2.53. The molecule has 80 valence electrons. The smallest absolute Gasteiger partial charge is 0.390 e. The van der Waals surface area contributed by atoms with Gasteiger partial charge in [0.2, 0.25) is 0 Å². The number of nitrogens with zero attached hydrogens (tertiary/aromatic N) is 6. The van der Waals surface area contributed by atoms with Crippen LogP contribution in [0.1, 0.15) is 13.3 Å². The molecule has 1 aliphatic rings. The minimum Gasteiger partial charge on any atom is -0.390 e. The fourth-order valence-corrected chi connectivity index (χ4v) is 1.41. The Bertz CT molecular complexity index is 437. The first kappa shape index (κ1) is 9.56. The summed E-state index contributed by atoms with van der Waals surface area (Å²) in [4.78, 5) is 13.7. The zero-order valence-corrected chi connectivity index (χ0v) is 8.41. The van der Waals surface area contributed by atoms with Gasteiger partial charge in [0.25, 0.3) is 0 Å². The van der Waals surface area contributed by atoms with E-state index in [0.29, 0.717) is 12.5 Å². The first-order valence-electron chi connectivity index (χ1n) is 4.45. The summed E-state index contributed by atoms with van der Waals surface area (Å²) in [5.41, 5.74) is 0.951. The van der Waals surface area contributed by atoms with Gasteiger partial charge in [-0.05, 0) is 16.8 Å². The molecule has 0 radical (unpaired) electrons. The van der Waals surface area contributed by atoms with E-state index in [9.17, 15) is 10.1 Å². The van der Waals surface area contributed by atoms with Gasteiger partial charge in [0.05, 0.1) is 6.54 Å². The minimum atomic E-state index is -0.605. The van der Waals surface area contributed by atoms with Crippen molar-refractivity contribution in [2.24, 2.45) is 5.10 Å². The van der Waals surface area contributed by atoms with Crippen LogP contribution in [-0.2, 0) is 6.54 Å². The fourth-order valence-electron chi connectivity index (χ4n) is 1.41. The van der Waals surface area contributed by atoms with Gasteiger partial charge in [-0.1, -0.05) is 0 Å². The summed E-state index contributed by atoms with van der Waals surface area (Å²) >= 11 is 0. The van der Waals surface area contributed by atoms with Gasteiger partial charge in [-0.2, -0.15) is 5.10 Å². The van der Waals surface area contributed by atoms with Crippen molar-refractivity contribution in [2.75, 3.05) is 12.1 Å². The molecule has 0 amide bonds. The summed E-state index contributed by atoms with van der Waals surface area (Å²) in [5.74, 6) is 0.0187. The Hall–Kier alpha value is -1.99. The van der Waals surface area contributed by atoms with Crippen LogP contribution >= 0.6 is 0 Å². The standard InChI is InChI=1S/C7H10N6O2/c1-5-3-4-12-7(11(2)9-5)8-6(10-12)13(14)15/h3-4H2,1-2H3. The van der Waals surface area contributed by atoms with Crippen LogP contribution in [0.5, 0.6) is 0 Å². The van der Waals surface area contributed by atoms with Gasteiger partial charge in [0, 0.05) is 24.3 Å². The molecular formula is C7H10N6O2. The average molecular weight is 210 g/mol. The maximum Gasteiger partial charge on any atom is 0.493 e. The number of hydrogen-bond donors (Lipinski definition) is 0. The summed E-state index contributed by atoms with van der Waals surface area (Å²) in [7, 11) is 1.69. The van der Waals surface area contributed by atoms with Gasteiger partial charge in [0.1, 0.15) is 0 Å². The molecule has 0 atom stereocenters. The lowest BCUT2D eigenvalue weighted by molar-refractivity contribution is -0.394. The maximum atomic E-state index is 10.5. The number of nitro groups is 1. The van der Waals surface area contributed by atoms with Crippen molar-refractivity contribution in [1.82, 2.24) is 14.8 Å². The lowest BCUT2D eigenvalue weighted by Gasteiger charge is -2.04. The van der Waals surface area contributed by atoms with Crippen LogP contribution in [0.3, 0.4) is 0 Å². The van der Waals surface area contributed by atoms with E-state index in [1.165, 1.54) is 9.69 Å². The highest BCUT2D eigenvalue weighted by molar-refractivity contribution is 5.82. The third kappa shape index (κ3) is 1.65. The molecule has 0 aliphatic carbocycles.